The molecule has 2 heterocycles. The summed E-state index contributed by atoms with van der Waals surface area (Å²) in [4.78, 5) is 59.0. The number of carbonyl (C=O) groups excluding carboxylic acids is 4. The first-order valence-electron chi connectivity index (χ1n) is 28.0. The minimum Gasteiger partial charge on any atom is -0.493 e. The molecule has 24 heteroatoms. The summed E-state index contributed by atoms with van der Waals surface area (Å²) in [7, 11) is 21.5. The highest BCUT2D eigenvalue weighted by Crippen LogP contribution is 2.46. The van der Waals surface area contributed by atoms with E-state index in [9.17, 15) is 19.2 Å². The topological polar surface area (TPSA) is 233 Å². The molecular weight excluding hydrogens is 1180 g/mol. The third-order valence-corrected chi connectivity index (χ3v) is 16.4. The van der Waals surface area contributed by atoms with Crippen molar-refractivity contribution in [3.05, 3.63) is 91.7 Å². The standard InChI is InChI=1S/C29H34N2O8S.C22H27NO6S.C9H13NO3.3CH3.Al/c1-31(28(33)16-12-19(34-2)25(38-6)20(13-16)35-3)29-24(18-10-8-9-11-23(18)40-29)27(32)30-17-14-21(36-4)26(39-7)22(15-17)37-5;1-6-29-22(25)18-14-9-7-8-10-17(14)30-21(18)23(2)20(24)13-11-15(26-3)19(28-5)16(12-13)27-4;1-11-7-4-6(10)5-8(12-2)9(7)13-3;;;;/h12-15H,8-11H2,1-7H3,(H,30,32);11-12H,6-10H2,1-5H3;4-5H,10H2,1-3H3;3*1H3;. The van der Waals surface area contributed by atoms with Crippen LogP contribution in [0.2, 0.25) is 17.4 Å². The summed E-state index contributed by atoms with van der Waals surface area (Å²) in [6, 6.07) is 13.1. The average Bonchev–Trinajstić information content (AvgIpc) is 2.63. The lowest BCUT2D eigenvalue weighted by Gasteiger charge is -2.20. The van der Waals surface area contributed by atoms with Crippen LogP contribution in [0.3, 0.4) is 0 Å². The number of ether oxygens (including phenoxy) is 13. The normalized spacial score (nSPS) is 11.7. The van der Waals surface area contributed by atoms with Crippen molar-refractivity contribution in [1.29, 1.82) is 0 Å². The molecule has 0 atom stereocenters. The molecule has 0 radical (unpaired) electrons. The van der Waals surface area contributed by atoms with Gasteiger partial charge in [-0.2, -0.15) is 0 Å². The van der Waals surface area contributed by atoms with Gasteiger partial charge in [0.2, 0.25) is 23.0 Å². The maximum absolute atomic E-state index is 13.9. The van der Waals surface area contributed by atoms with Gasteiger partial charge in [-0.05, 0) is 93.7 Å². The molecule has 0 spiro atoms. The van der Waals surface area contributed by atoms with Crippen LogP contribution < -0.4 is 77.7 Å². The van der Waals surface area contributed by atoms with Crippen molar-refractivity contribution in [1.82, 2.24) is 0 Å². The average molecular weight is 1260 g/mol. The van der Waals surface area contributed by atoms with Crippen molar-refractivity contribution in [2.45, 2.75) is 75.6 Å². The van der Waals surface area contributed by atoms with Crippen LogP contribution in [-0.2, 0) is 30.4 Å². The number of nitrogens with zero attached hydrogens (tertiary/aromatic N) is 2. The van der Waals surface area contributed by atoms with E-state index in [1.54, 1.807) is 90.9 Å². The molecule has 2 aliphatic rings. The van der Waals surface area contributed by atoms with E-state index in [2.05, 4.69) is 22.7 Å². The Bertz CT molecular complexity index is 3240. The predicted molar refractivity (Wildman–Crippen MR) is 343 cm³/mol. The van der Waals surface area contributed by atoms with E-state index in [0.29, 0.717) is 113 Å². The molecule has 0 fully saturated rings. The number of thiophene rings is 2. The van der Waals surface area contributed by atoms with Crippen molar-refractivity contribution in [3.63, 3.8) is 0 Å². The van der Waals surface area contributed by atoms with E-state index in [1.807, 2.05) is 0 Å². The quantitative estimate of drug-likeness (QED) is 0.0411. The number of rotatable bonds is 20. The van der Waals surface area contributed by atoms with E-state index in [4.69, 9.17) is 67.3 Å². The molecule has 0 bridgehead atoms. The van der Waals surface area contributed by atoms with Crippen molar-refractivity contribution >= 4 is 81.9 Å². The number of hydrogen-bond acceptors (Lipinski definition) is 20. The molecule has 2 aliphatic carbocycles. The highest BCUT2D eigenvalue weighted by atomic mass is 32.1. The molecule has 6 aromatic rings. The summed E-state index contributed by atoms with van der Waals surface area (Å²) in [5.74, 6) is 10.9. The smallest absolute Gasteiger partial charge is 0.341 e. The second kappa shape index (κ2) is 33.3. The molecule has 4 aromatic carbocycles. The number of nitrogen functional groups attached to an aromatic ring is 1. The second-order valence-electron chi connectivity index (χ2n) is 20.1. The van der Waals surface area contributed by atoms with Gasteiger partial charge in [0.15, 0.2) is 46.0 Å². The summed E-state index contributed by atoms with van der Waals surface area (Å²) >= 11 is 2.82. The maximum Gasteiger partial charge on any atom is 0.341 e. The number of hydrogen-bond donors (Lipinski definition) is 2. The predicted octanol–water partition coefficient (Wildman–Crippen LogP) is 12.0. The van der Waals surface area contributed by atoms with Crippen LogP contribution in [0.1, 0.15) is 94.9 Å². The summed E-state index contributed by atoms with van der Waals surface area (Å²) in [5, 5.41) is 4.15. The zero-order valence-electron chi connectivity index (χ0n) is 53.3. The van der Waals surface area contributed by atoms with Gasteiger partial charge in [0.05, 0.1) is 103 Å². The lowest BCUT2D eigenvalue weighted by molar-refractivity contribution is 0.0526. The summed E-state index contributed by atoms with van der Waals surface area (Å²) < 4.78 is 69.2. The molecule has 472 valence electrons. The van der Waals surface area contributed by atoms with Crippen LogP contribution >= 0.6 is 22.7 Å². The van der Waals surface area contributed by atoms with Gasteiger partial charge in [0.25, 0.3) is 31.9 Å². The summed E-state index contributed by atoms with van der Waals surface area (Å²) in [6.07, 6.45) is 7.47. The maximum atomic E-state index is 13.9. The van der Waals surface area contributed by atoms with Gasteiger partial charge < -0.3 is 82.4 Å². The number of carbonyl (C=O) groups is 4. The number of esters is 1. The van der Waals surface area contributed by atoms with Crippen LogP contribution in [0.25, 0.3) is 0 Å². The van der Waals surface area contributed by atoms with Gasteiger partial charge in [-0.1, -0.05) is 0 Å². The number of nitrogens with two attached hydrogens (primary N) is 1. The van der Waals surface area contributed by atoms with Crippen molar-refractivity contribution in [3.8, 4) is 69.0 Å². The number of methoxy groups -OCH3 is 12. The molecule has 21 nitrogen and oxygen atoms in total. The number of aryl methyl sites for hydroxylation is 2. The van der Waals surface area contributed by atoms with Crippen LogP contribution in [0.15, 0.2) is 48.5 Å². The molecule has 0 saturated carbocycles. The number of benzene rings is 4. The van der Waals surface area contributed by atoms with E-state index in [0.717, 1.165) is 72.2 Å². The first-order valence-corrected chi connectivity index (χ1v) is 33.1. The SMILES string of the molecule is CCOC(=O)c1c(N(C)C(=O)c2cc(OC)c(OC)c(OC)c2)sc2c1CCCC2.COc1cc(N)cc(OC)c1OC.COc1cc(NC(=O)c2c(N(C)C(=O)c3cc(OC)c(OC)c(OC)c3)sc3c2CCCC3)cc(OC)c1OC.[CH3][Al]([CH3])[CH3]. The molecule has 0 aliphatic heterocycles. The zero-order valence-corrected chi connectivity index (χ0v) is 56.1. The van der Waals surface area contributed by atoms with Gasteiger partial charge in [-0.15, -0.1) is 40.0 Å². The Kier molecular flexibility index (Phi) is 26.7. The fraction of sp³-hybridized carbons (Fsp3) is 0.429. The van der Waals surface area contributed by atoms with E-state index in [-0.39, 0.29) is 44.4 Å². The lowest BCUT2D eigenvalue weighted by Crippen LogP contribution is -2.28. The first-order chi connectivity index (χ1) is 41.7. The Labute approximate surface area is 523 Å². The van der Waals surface area contributed by atoms with Crippen molar-refractivity contribution in [2.24, 2.45) is 0 Å². The third kappa shape index (κ3) is 16.6. The molecule has 0 unspecified atom stereocenters. The highest BCUT2D eigenvalue weighted by Gasteiger charge is 2.33. The number of nitrogens with one attached hydrogen (secondary N) is 1. The number of fused-ring (bicyclic) bond motifs is 2. The number of anilines is 4. The Morgan fingerprint density at radius 1 is 0.471 bits per heavy atom. The van der Waals surface area contributed by atoms with Gasteiger partial charge in [0.1, 0.15) is 10.0 Å². The fourth-order valence-electron chi connectivity index (χ4n) is 9.65. The van der Waals surface area contributed by atoms with Crippen molar-refractivity contribution in [2.75, 3.05) is 127 Å². The first kappa shape index (κ1) is 69.9. The van der Waals surface area contributed by atoms with Gasteiger partial charge in [-0.25, -0.2) is 4.79 Å². The number of amides is 3. The van der Waals surface area contributed by atoms with E-state index >= 15 is 0 Å². The van der Waals surface area contributed by atoms with Crippen LogP contribution in [0.4, 0.5) is 21.4 Å². The monoisotopic (exact) mass is 1260 g/mol. The Morgan fingerprint density at radius 3 is 1.09 bits per heavy atom. The van der Waals surface area contributed by atoms with Crippen LogP contribution in [-0.4, -0.2) is 144 Å². The minimum absolute atomic E-state index is 0.139. The van der Waals surface area contributed by atoms with Crippen LogP contribution in [0, 0.1) is 0 Å². The summed E-state index contributed by atoms with van der Waals surface area (Å²) in [5.41, 5.74) is 10.4. The highest BCUT2D eigenvalue weighted by molar-refractivity contribution is 7.17. The molecular formula is C63H83AlN4O17S2. The van der Waals surface area contributed by atoms with Gasteiger partial charge in [-0.3, -0.25) is 14.4 Å². The van der Waals surface area contributed by atoms with Gasteiger partial charge >= 0.3 is 5.97 Å². The molecule has 0 saturated heterocycles. The Hall–Kier alpha value is -7.91. The Morgan fingerprint density at radius 2 is 0.770 bits per heavy atom. The summed E-state index contributed by atoms with van der Waals surface area (Å²) in [6.45, 7) is 2.06. The lowest BCUT2D eigenvalue weighted by atomic mass is 9.95. The van der Waals surface area contributed by atoms with E-state index < -0.39 is 0 Å². The van der Waals surface area contributed by atoms with Crippen molar-refractivity contribution < 1.29 is 80.8 Å². The molecule has 8 rings (SSSR count). The third-order valence-electron chi connectivity index (χ3n) is 13.7. The van der Waals surface area contributed by atoms with Crippen LogP contribution in [0.5, 0.6) is 69.0 Å². The molecule has 87 heavy (non-hydrogen) atoms. The van der Waals surface area contributed by atoms with Gasteiger partial charge in [0, 0.05) is 70.6 Å². The Balaban J connectivity index is 0.000000256. The second-order valence-corrected chi connectivity index (χ2v) is 25.7. The largest absolute Gasteiger partial charge is 0.493 e. The zero-order chi connectivity index (χ0) is 64.2. The fourth-order valence-corrected chi connectivity index (χ4v) is 12.3. The molecule has 3 N–H and O–H groups in total. The van der Waals surface area contributed by atoms with E-state index in [1.165, 1.54) is 96.5 Å². The molecule has 3 amide bonds. The molecule has 2 aromatic heterocycles. The minimum atomic E-state index is -0.378.